The van der Waals surface area contributed by atoms with Crippen molar-refractivity contribution in [3.8, 4) is 0 Å². The number of ether oxygens (including phenoxy) is 2. The highest BCUT2D eigenvalue weighted by atomic mass is 31.2. The molecule has 0 aliphatic carbocycles. The number of nitrogens with one attached hydrogen (secondary N) is 1. The number of nitrogens with zero attached hydrogens (tertiary/aromatic N) is 1. The smallest absolute Gasteiger partial charge is 0.330 e. The first-order valence-electron chi connectivity index (χ1n) is 8.61. The molecule has 3 N–H and O–H groups in total. The van der Waals surface area contributed by atoms with Crippen LogP contribution in [0.2, 0.25) is 0 Å². The van der Waals surface area contributed by atoms with Gasteiger partial charge in [0.1, 0.15) is 17.8 Å². The average molecular weight is 416 g/mol. The lowest BCUT2D eigenvalue weighted by atomic mass is 10.1. The summed E-state index contributed by atoms with van der Waals surface area (Å²) in [6, 6.07) is 0. The number of aromatic amines is 1. The summed E-state index contributed by atoms with van der Waals surface area (Å²) < 4.78 is 11.1. The van der Waals surface area contributed by atoms with E-state index in [1.54, 1.807) is 0 Å². The van der Waals surface area contributed by atoms with Crippen LogP contribution < -0.4 is 11.2 Å². The van der Waals surface area contributed by atoms with E-state index in [1.807, 2.05) is 18.3 Å². The zero-order valence-electron chi connectivity index (χ0n) is 16.0. The number of rotatable bonds is 7. The van der Waals surface area contributed by atoms with E-state index in [0.717, 1.165) is 17.7 Å². The maximum Gasteiger partial charge on any atom is 0.330 e. The zero-order valence-corrected chi connectivity index (χ0v) is 16.8. The van der Waals surface area contributed by atoms with Crippen LogP contribution in [0.3, 0.4) is 0 Å². The van der Waals surface area contributed by atoms with Gasteiger partial charge in [-0.1, -0.05) is 0 Å². The van der Waals surface area contributed by atoms with E-state index in [9.17, 15) is 29.4 Å². The minimum Gasteiger partial charge on any atom is -0.457 e. The van der Waals surface area contributed by atoms with E-state index in [0.29, 0.717) is 12.6 Å². The second-order valence-electron chi connectivity index (χ2n) is 7.41. The molecule has 0 radical (unpaired) electrons. The summed E-state index contributed by atoms with van der Waals surface area (Å²) in [5, 5.41) is 20.6. The molecule has 1 saturated heterocycles. The van der Waals surface area contributed by atoms with Gasteiger partial charge < -0.3 is 19.7 Å². The van der Waals surface area contributed by atoms with Crippen LogP contribution in [0.1, 0.15) is 29.9 Å². The summed E-state index contributed by atoms with van der Waals surface area (Å²) >= 11 is 0. The van der Waals surface area contributed by atoms with Crippen molar-refractivity contribution < 1.29 is 29.3 Å². The van der Waals surface area contributed by atoms with Crippen molar-refractivity contribution >= 4 is 24.9 Å². The van der Waals surface area contributed by atoms with Crippen LogP contribution in [0.4, 0.5) is 0 Å². The molecule has 1 unspecified atom stereocenters. The van der Waals surface area contributed by atoms with Crippen molar-refractivity contribution in [1.29, 1.82) is 0 Å². The maximum absolute atomic E-state index is 12.2. The number of hydrogen-bond donors (Lipinski definition) is 3. The van der Waals surface area contributed by atoms with Gasteiger partial charge in [0.2, 0.25) is 5.78 Å². The van der Waals surface area contributed by atoms with E-state index >= 15 is 0 Å². The first-order chi connectivity index (χ1) is 12.9. The number of ketones is 1. The van der Waals surface area contributed by atoms with Gasteiger partial charge in [0, 0.05) is 13.1 Å². The molecule has 2 heterocycles. The van der Waals surface area contributed by atoms with Crippen molar-refractivity contribution in [3.05, 3.63) is 32.6 Å². The van der Waals surface area contributed by atoms with Crippen molar-refractivity contribution in [2.24, 2.45) is 0 Å². The standard InChI is InChI=1S/C17H25N2O8P/c1-9(20)26-8-11(21)10-7-19(17(25)18-15(10)24)16-14(23)13(22)12(27-16)5-6-28(2,3)4/h7,12-14,16,22-23H,2,5-6,8H2,1,3-4H3,(H,18,24,25)/t12?,13-,14-,16-/m1/s1. The topological polar surface area (TPSA) is 148 Å². The van der Waals surface area contributed by atoms with Gasteiger partial charge in [-0.15, -0.1) is 13.2 Å². The molecule has 1 fully saturated rings. The molecule has 28 heavy (non-hydrogen) atoms. The van der Waals surface area contributed by atoms with Gasteiger partial charge in [0.25, 0.3) is 5.56 Å². The number of hydrogen-bond acceptors (Lipinski definition) is 8. The average Bonchev–Trinajstić information content (AvgIpc) is 2.85. The largest absolute Gasteiger partial charge is 0.457 e. The number of aliphatic hydroxyl groups is 2. The van der Waals surface area contributed by atoms with Gasteiger partial charge in [-0.25, -0.2) is 4.79 Å². The second-order valence-corrected chi connectivity index (χ2v) is 11.7. The maximum atomic E-state index is 12.2. The summed E-state index contributed by atoms with van der Waals surface area (Å²) in [7, 11) is 0. The summed E-state index contributed by atoms with van der Waals surface area (Å²) in [4.78, 5) is 49.0. The lowest BCUT2D eigenvalue weighted by molar-refractivity contribution is -0.139. The Morgan fingerprint density at radius 2 is 1.96 bits per heavy atom. The van der Waals surface area contributed by atoms with Crippen LogP contribution in [-0.4, -0.2) is 82.2 Å². The fraction of sp³-hybridized carbons (Fsp3) is 0.588. The Hall–Kier alpha value is -2.00. The number of carbonyl (C=O) groups is 2. The Kier molecular flexibility index (Phi) is 6.82. The predicted octanol–water partition coefficient (Wildman–Crippen LogP) is -0.999. The normalized spacial score (nSPS) is 24.9. The van der Waals surface area contributed by atoms with Crippen molar-refractivity contribution in [2.45, 2.75) is 37.9 Å². The molecule has 10 nitrogen and oxygen atoms in total. The molecule has 1 aliphatic rings. The lowest BCUT2D eigenvalue weighted by Crippen LogP contribution is -2.39. The molecule has 1 aromatic heterocycles. The molecule has 1 aliphatic heterocycles. The van der Waals surface area contributed by atoms with Crippen LogP contribution in [0.25, 0.3) is 0 Å². The highest BCUT2D eigenvalue weighted by Gasteiger charge is 2.44. The molecule has 0 bridgehead atoms. The van der Waals surface area contributed by atoms with E-state index < -0.39 is 66.6 Å². The molecular weight excluding hydrogens is 391 g/mol. The third-order valence-electron chi connectivity index (χ3n) is 4.31. The monoisotopic (exact) mass is 416 g/mol. The van der Waals surface area contributed by atoms with Crippen LogP contribution >= 0.6 is 6.89 Å². The van der Waals surface area contributed by atoms with Crippen molar-refractivity contribution in [3.63, 3.8) is 0 Å². The van der Waals surface area contributed by atoms with Gasteiger partial charge in [-0.3, -0.25) is 23.9 Å². The fourth-order valence-electron chi connectivity index (χ4n) is 2.79. The van der Waals surface area contributed by atoms with Gasteiger partial charge in [-0.2, -0.15) is 0 Å². The van der Waals surface area contributed by atoms with E-state index in [4.69, 9.17) is 4.74 Å². The Bertz CT molecular complexity index is 914. The van der Waals surface area contributed by atoms with Crippen LogP contribution in [0.15, 0.2) is 15.8 Å². The SMILES string of the molecule is C=P(C)(C)CCC1O[C@@H](n2cc(C(=O)COC(C)=O)c(=O)[nH]c2=O)[C@H](O)[C@@H]1O. The molecular formula is C17H25N2O8P. The third kappa shape index (κ3) is 5.29. The Morgan fingerprint density at radius 3 is 2.54 bits per heavy atom. The Balaban J connectivity index is 2.29. The first-order valence-corrected chi connectivity index (χ1v) is 11.7. The van der Waals surface area contributed by atoms with Crippen LogP contribution in [0, 0.1) is 0 Å². The summed E-state index contributed by atoms with van der Waals surface area (Å²) in [6.07, 6.45) is 1.49. The number of esters is 1. The molecule has 0 aromatic carbocycles. The molecule has 11 heteroatoms. The summed E-state index contributed by atoms with van der Waals surface area (Å²) in [6.45, 7) is 3.10. The van der Waals surface area contributed by atoms with Gasteiger partial charge in [0.05, 0.1) is 6.10 Å². The second kappa shape index (κ2) is 8.57. The molecule has 156 valence electrons. The fourth-order valence-corrected chi connectivity index (χ4v) is 3.75. The number of carbonyl (C=O) groups excluding carboxylic acids is 2. The number of aliphatic hydroxyl groups excluding tert-OH is 2. The highest BCUT2D eigenvalue weighted by Crippen LogP contribution is 2.39. The molecule has 2 rings (SSSR count). The Labute approximate surface area is 161 Å². The number of Topliss-reactive ketones (excluding diaryl/α,β-unsaturated/α-hetero) is 1. The van der Waals surface area contributed by atoms with Crippen LogP contribution in [-0.2, 0) is 14.3 Å². The molecule has 0 spiro atoms. The minimum atomic E-state index is -1.43. The molecule has 1 aromatic rings. The minimum absolute atomic E-state index is 0.431. The quantitative estimate of drug-likeness (QED) is 0.291. The van der Waals surface area contributed by atoms with E-state index in [-0.39, 0.29) is 0 Å². The molecule has 4 atom stereocenters. The van der Waals surface area contributed by atoms with Crippen molar-refractivity contribution in [2.75, 3.05) is 26.1 Å². The third-order valence-corrected chi connectivity index (χ3v) is 5.77. The summed E-state index contributed by atoms with van der Waals surface area (Å²) in [5.74, 6) is -1.52. The molecule has 0 amide bonds. The lowest BCUT2D eigenvalue weighted by Gasteiger charge is -2.19. The predicted molar refractivity (Wildman–Crippen MR) is 104 cm³/mol. The van der Waals surface area contributed by atoms with Gasteiger partial charge >= 0.3 is 11.7 Å². The number of aromatic nitrogens is 2. The van der Waals surface area contributed by atoms with E-state index in [1.165, 1.54) is 0 Å². The van der Waals surface area contributed by atoms with E-state index in [2.05, 4.69) is 11.0 Å². The first kappa shape index (κ1) is 22.3. The number of H-pyrrole nitrogens is 1. The zero-order chi connectivity index (χ0) is 21.2. The highest BCUT2D eigenvalue weighted by molar-refractivity contribution is 7.72. The van der Waals surface area contributed by atoms with Crippen LogP contribution in [0.5, 0.6) is 0 Å². The molecule has 0 saturated carbocycles. The Morgan fingerprint density at radius 1 is 1.32 bits per heavy atom. The van der Waals surface area contributed by atoms with Gasteiger partial charge in [0.15, 0.2) is 12.8 Å². The van der Waals surface area contributed by atoms with Gasteiger partial charge in [-0.05, 0) is 25.9 Å². The summed E-state index contributed by atoms with van der Waals surface area (Å²) in [5.41, 5.74) is -2.29. The van der Waals surface area contributed by atoms with Crippen molar-refractivity contribution in [1.82, 2.24) is 9.55 Å².